The number of ether oxygens (including phenoxy) is 3. The lowest BCUT2D eigenvalue weighted by Gasteiger charge is -2.37. The maximum atomic E-state index is 13.0. The normalized spacial score (nSPS) is 13.0. The molecule has 2 amide bonds. The number of tetrazole rings is 1. The number of piperazine rings is 1. The molecule has 222 valence electrons. The Hall–Kier alpha value is -5.45. The highest BCUT2D eigenvalue weighted by Crippen LogP contribution is 2.38. The average Bonchev–Trinajstić information content (AvgIpc) is 3.56. The van der Waals surface area contributed by atoms with Gasteiger partial charge >= 0.3 is 12.0 Å². The number of fused-ring (bicyclic) bond motifs is 1. The number of nitrogens with one attached hydrogen (secondary N) is 1. The summed E-state index contributed by atoms with van der Waals surface area (Å²) in [6.45, 7) is 4.72. The summed E-state index contributed by atoms with van der Waals surface area (Å²) in [5.41, 5.74) is 2.75. The Bertz CT molecular complexity index is 1610. The van der Waals surface area contributed by atoms with Crippen molar-refractivity contribution in [3.05, 3.63) is 60.0 Å². The summed E-state index contributed by atoms with van der Waals surface area (Å²) in [6, 6.07) is 12.1. The lowest BCUT2D eigenvalue weighted by Crippen LogP contribution is -2.50. The zero-order chi connectivity index (χ0) is 30.2. The third-order valence-corrected chi connectivity index (χ3v) is 6.92. The van der Waals surface area contributed by atoms with Crippen LogP contribution in [0, 0.1) is 11.3 Å². The maximum Gasteiger partial charge on any atom is 0.341 e. The Morgan fingerprint density at radius 1 is 1.09 bits per heavy atom. The van der Waals surface area contributed by atoms with Gasteiger partial charge in [-0.15, -0.1) is 10.2 Å². The molecule has 1 N–H and O–H groups in total. The predicted octanol–water partition coefficient (Wildman–Crippen LogP) is 3.10. The number of methoxy groups -OCH3 is 1. The molecule has 1 aliphatic heterocycles. The molecule has 4 aromatic rings. The van der Waals surface area contributed by atoms with E-state index >= 15 is 0 Å². The Kier molecular flexibility index (Phi) is 9.11. The van der Waals surface area contributed by atoms with Gasteiger partial charge in [-0.1, -0.05) is 0 Å². The zero-order valence-electron chi connectivity index (χ0n) is 23.9. The number of carbonyl (C=O) groups excluding carboxylic acids is 2. The molecule has 0 unspecified atom stereocenters. The van der Waals surface area contributed by atoms with Gasteiger partial charge in [0.1, 0.15) is 5.56 Å². The first-order valence-corrected chi connectivity index (χ1v) is 13.8. The standard InChI is InChI=1S/C29H31N9O5/c1-3-42-28(39)23-18-31-24-16-26(43-14-4-9-38-33-19-32-35-38)25(41-2)15-22(24)27(23)36-10-12-37(13-11-36)29(40)34-21-7-5-20(17-30)6-8-21/h5-8,15-16,18-19H,3-4,9-14H2,1-2H3,(H,34,40). The predicted molar refractivity (Wildman–Crippen MR) is 156 cm³/mol. The summed E-state index contributed by atoms with van der Waals surface area (Å²) in [6.07, 6.45) is 3.56. The molecule has 3 heterocycles. The van der Waals surface area contributed by atoms with E-state index < -0.39 is 5.97 Å². The van der Waals surface area contributed by atoms with E-state index in [9.17, 15) is 9.59 Å². The maximum absolute atomic E-state index is 13.0. The van der Waals surface area contributed by atoms with Crippen LogP contribution in [0.15, 0.2) is 48.9 Å². The quantitative estimate of drug-likeness (QED) is 0.215. The minimum atomic E-state index is -0.478. The van der Waals surface area contributed by atoms with Crippen LogP contribution in [0.4, 0.5) is 16.2 Å². The number of nitrogens with zero attached hydrogens (tertiary/aromatic N) is 8. The van der Waals surface area contributed by atoms with Gasteiger partial charge in [-0.2, -0.15) is 10.1 Å². The number of carbonyl (C=O) groups is 2. The molecule has 1 fully saturated rings. The molecule has 14 heteroatoms. The molecule has 0 atom stereocenters. The molecule has 1 aliphatic rings. The van der Waals surface area contributed by atoms with Crippen molar-refractivity contribution >= 4 is 34.3 Å². The summed E-state index contributed by atoms with van der Waals surface area (Å²) < 4.78 is 17.0. The van der Waals surface area contributed by atoms with Gasteiger partial charge in [0.2, 0.25) is 0 Å². The van der Waals surface area contributed by atoms with Gasteiger partial charge in [0.25, 0.3) is 0 Å². The van der Waals surface area contributed by atoms with Gasteiger partial charge < -0.3 is 29.3 Å². The van der Waals surface area contributed by atoms with Crippen LogP contribution in [0.2, 0.25) is 0 Å². The molecule has 5 rings (SSSR count). The van der Waals surface area contributed by atoms with Crippen molar-refractivity contribution in [3.8, 4) is 17.6 Å². The fourth-order valence-corrected chi connectivity index (χ4v) is 4.80. The Morgan fingerprint density at radius 3 is 2.56 bits per heavy atom. The van der Waals surface area contributed by atoms with E-state index in [-0.39, 0.29) is 12.6 Å². The second-order valence-corrected chi connectivity index (χ2v) is 9.59. The molecule has 2 aromatic carbocycles. The smallest absolute Gasteiger partial charge is 0.341 e. The average molecular weight is 586 g/mol. The van der Waals surface area contributed by atoms with E-state index in [4.69, 9.17) is 19.5 Å². The highest BCUT2D eigenvalue weighted by atomic mass is 16.5. The van der Waals surface area contributed by atoms with Crippen LogP contribution < -0.4 is 19.7 Å². The van der Waals surface area contributed by atoms with Crippen molar-refractivity contribution in [1.29, 1.82) is 5.26 Å². The van der Waals surface area contributed by atoms with Crippen LogP contribution in [0.25, 0.3) is 10.9 Å². The van der Waals surface area contributed by atoms with E-state index in [0.29, 0.717) is 90.7 Å². The van der Waals surface area contributed by atoms with Crippen LogP contribution in [0.5, 0.6) is 11.5 Å². The summed E-state index contributed by atoms with van der Waals surface area (Å²) in [5, 5.41) is 24.1. The summed E-state index contributed by atoms with van der Waals surface area (Å²) in [4.78, 5) is 35.8. The second kappa shape index (κ2) is 13.5. The molecule has 43 heavy (non-hydrogen) atoms. The molecular formula is C29H31N9O5. The van der Waals surface area contributed by atoms with Crippen LogP contribution in [0.1, 0.15) is 29.3 Å². The number of hydrogen-bond acceptors (Lipinski definition) is 11. The first kappa shape index (κ1) is 29.1. The molecule has 1 saturated heterocycles. The molecular weight excluding hydrogens is 554 g/mol. The van der Waals surface area contributed by atoms with Crippen LogP contribution in [-0.2, 0) is 11.3 Å². The van der Waals surface area contributed by atoms with E-state index in [1.54, 1.807) is 49.3 Å². The summed E-state index contributed by atoms with van der Waals surface area (Å²) in [7, 11) is 1.56. The lowest BCUT2D eigenvalue weighted by molar-refractivity contribution is 0.0526. The number of hydrogen-bond donors (Lipinski definition) is 1. The highest BCUT2D eigenvalue weighted by Gasteiger charge is 2.27. The molecule has 2 aromatic heterocycles. The SMILES string of the molecule is CCOC(=O)c1cnc2cc(OCCCn3ncnn3)c(OC)cc2c1N1CCN(C(=O)Nc2ccc(C#N)cc2)CC1. The molecule has 0 bridgehead atoms. The molecule has 0 radical (unpaired) electrons. The van der Waals surface area contributed by atoms with E-state index in [1.807, 2.05) is 6.07 Å². The minimum absolute atomic E-state index is 0.222. The molecule has 0 spiro atoms. The number of urea groups is 1. The molecule has 0 saturated carbocycles. The first-order chi connectivity index (χ1) is 21.0. The monoisotopic (exact) mass is 585 g/mol. The van der Waals surface area contributed by atoms with Gasteiger partial charge in [0, 0.05) is 55.9 Å². The van der Waals surface area contributed by atoms with Crippen molar-refractivity contribution in [2.24, 2.45) is 0 Å². The van der Waals surface area contributed by atoms with Gasteiger partial charge in [-0.05, 0) is 42.5 Å². The largest absolute Gasteiger partial charge is 0.493 e. The third kappa shape index (κ3) is 6.72. The number of benzene rings is 2. The van der Waals surface area contributed by atoms with E-state index in [2.05, 4.69) is 36.7 Å². The van der Waals surface area contributed by atoms with Crippen molar-refractivity contribution in [2.75, 3.05) is 56.7 Å². The minimum Gasteiger partial charge on any atom is -0.493 e. The first-order valence-electron chi connectivity index (χ1n) is 13.8. The highest BCUT2D eigenvalue weighted by molar-refractivity contribution is 6.06. The fraction of sp³-hybridized carbons (Fsp3) is 0.345. The number of rotatable bonds is 10. The van der Waals surface area contributed by atoms with Crippen LogP contribution in [0.3, 0.4) is 0 Å². The van der Waals surface area contributed by atoms with Crippen molar-refractivity contribution in [1.82, 2.24) is 30.1 Å². The van der Waals surface area contributed by atoms with E-state index in [1.165, 1.54) is 17.3 Å². The second-order valence-electron chi connectivity index (χ2n) is 9.59. The number of amides is 2. The summed E-state index contributed by atoms with van der Waals surface area (Å²) >= 11 is 0. The number of aryl methyl sites for hydroxylation is 1. The number of nitriles is 1. The van der Waals surface area contributed by atoms with Crippen molar-refractivity contribution in [2.45, 2.75) is 19.9 Å². The van der Waals surface area contributed by atoms with Gasteiger partial charge in [0.15, 0.2) is 17.8 Å². The topological polar surface area (TPSA) is 161 Å². The van der Waals surface area contributed by atoms with Crippen LogP contribution in [-0.4, -0.2) is 88.6 Å². The lowest BCUT2D eigenvalue weighted by atomic mass is 10.1. The van der Waals surface area contributed by atoms with Crippen molar-refractivity contribution in [3.63, 3.8) is 0 Å². The molecule has 0 aliphatic carbocycles. The third-order valence-electron chi connectivity index (χ3n) is 6.92. The van der Waals surface area contributed by atoms with Crippen molar-refractivity contribution < 1.29 is 23.8 Å². The number of esters is 1. The number of anilines is 2. The Labute approximate surface area is 247 Å². The molecule has 14 nitrogen and oxygen atoms in total. The summed E-state index contributed by atoms with van der Waals surface area (Å²) in [5.74, 6) is 0.540. The number of pyridine rings is 1. The van der Waals surface area contributed by atoms with Gasteiger partial charge in [-0.25, -0.2) is 9.59 Å². The zero-order valence-corrected chi connectivity index (χ0v) is 23.9. The number of aromatic nitrogens is 5. The van der Waals surface area contributed by atoms with Gasteiger partial charge in [0.05, 0.1) is 49.7 Å². The van der Waals surface area contributed by atoms with Crippen LogP contribution >= 0.6 is 0 Å². The Morgan fingerprint density at radius 2 is 1.88 bits per heavy atom. The Balaban J connectivity index is 1.35. The van der Waals surface area contributed by atoms with Gasteiger partial charge in [-0.3, -0.25) is 4.98 Å². The van der Waals surface area contributed by atoms with E-state index in [0.717, 1.165) is 0 Å². The fourth-order valence-electron chi connectivity index (χ4n) is 4.80.